The number of hydrogen-bond donors (Lipinski definition) is 0. The van der Waals surface area contributed by atoms with Crippen LogP contribution in [0.4, 0.5) is 5.13 Å². The van der Waals surface area contributed by atoms with Gasteiger partial charge in [-0.05, 0) is 42.3 Å². The highest BCUT2D eigenvalue weighted by atomic mass is 35.5. The molecule has 0 bridgehead atoms. The molecule has 0 aliphatic carbocycles. The second-order valence-electron chi connectivity index (χ2n) is 7.40. The largest absolute Gasteiger partial charge is 0.490 e. The lowest BCUT2D eigenvalue weighted by molar-refractivity contribution is 0.0970. The third-order valence-corrected chi connectivity index (χ3v) is 6.64. The standard InChI is InChI=1S/C24H18ClN3O4S/c1-3-10-31-15-7-5-6-13(11-15)20-19-21(29)16-12-14(25)8-9-17(16)32-22(19)23(30)28(20)24-27-26-18(4-2)33-24/h3,5-9,11-12,20H,1,4,10H2,2H3/t20-/m1/s1. The van der Waals surface area contributed by atoms with E-state index in [2.05, 4.69) is 16.8 Å². The van der Waals surface area contributed by atoms with E-state index in [4.69, 9.17) is 20.8 Å². The first-order valence-corrected chi connectivity index (χ1v) is 11.5. The number of amides is 1. The number of aryl methyl sites for hydroxylation is 1. The van der Waals surface area contributed by atoms with Crippen LogP contribution in [0.1, 0.15) is 39.7 Å². The van der Waals surface area contributed by atoms with Gasteiger partial charge in [0, 0.05) is 5.02 Å². The summed E-state index contributed by atoms with van der Waals surface area (Å²) in [5.41, 5.74) is 0.911. The van der Waals surface area contributed by atoms with Crippen LogP contribution in [0.15, 0.2) is 64.3 Å². The molecule has 0 saturated carbocycles. The van der Waals surface area contributed by atoms with Crippen LogP contribution < -0.4 is 15.1 Å². The molecule has 2 aromatic carbocycles. The number of rotatable bonds is 6. The number of nitrogens with zero attached hydrogens (tertiary/aromatic N) is 3. The Morgan fingerprint density at radius 2 is 2.09 bits per heavy atom. The quantitative estimate of drug-likeness (QED) is 0.354. The molecule has 166 valence electrons. The second-order valence-corrected chi connectivity index (χ2v) is 8.87. The molecule has 1 amide bonds. The summed E-state index contributed by atoms with van der Waals surface area (Å²) in [6.07, 6.45) is 2.33. The molecule has 0 N–H and O–H groups in total. The second kappa shape index (κ2) is 8.46. The monoisotopic (exact) mass is 479 g/mol. The summed E-state index contributed by atoms with van der Waals surface area (Å²) in [5.74, 6) is 0.138. The lowest BCUT2D eigenvalue weighted by Gasteiger charge is -2.22. The molecule has 0 unspecified atom stereocenters. The minimum absolute atomic E-state index is 0.00881. The number of hydrogen-bond acceptors (Lipinski definition) is 7. The molecule has 5 rings (SSSR count). The van der Waals surface area contributed by atoms with E-state index in [1.165, 1.54) is 16.2 Å². The van der Waals surface area contributed by atoms with E-state index in [9.17, 15) is 9.59 Å². The third-order valence-electron chi connectivity index (χ3n) is 5.34. The van der Waals surface area contributed by atoms with Crippen molar-refractivity contribution in [1.29, 1.82) is 0 Å². The first kappa shape index (κ1) is 21.4. The van der Waals surface area contributed by atoms with Gasteiger partial charge in [-0.15, -0.1) is 10.2 Å². The molecule has 0 radical (unpaired) electrons. The lowest BCUT2D eigenvalue weighted by atomic mass is 9.98. The molecule has 3 heterocycles. The van der Waals surface area contributed by atoms with Gasteiger partial charge in [0.1, 0.15) is 22.9 Å². The number of benzene rings is 2. The molecule has 33 heavy (non-hydrogen) atoms. The molecule has 9 heteroatoms. The van der Waals surface area contributed by atoms with Crippen LogP contribution in [0, 0.1) is 0 Å². The molecular weight excluding hydrogens is 462 g/mol. The van der Waals surface area contributed by atoms with Crippen molar-refractivity contribution >= 4 is 44.9 Å². The van der Waals surface area contributed by atoms with E-state index in [-0.39, 0.29) is 16.8 Å². The predicted octanol–water partition coefficient (Wildman–Crippen LogP) is 5.17. The van der Waals surface area contributed by atoms with Gasteiger partial charge < -0.3 is 9.15 Å². The Kier molecular flexibility index (Phi) is 5.47. The van der Waals surface area contributed by atoms with Crippen molar-refractivity contribution in [3.63, 3.8) is 0 Å². The number of carbonyl (C=O) groups is 1. The van der Waals surface area contributed by atoms with Gasteiger partial charge in [0.15, 0.2) is 5.43 Å². The fourth-order valence-electron chi connectivity index (χ4n) is 3.87. The normalized spacial score (nSPS) is 15.2. The Morgan fingerprint density at radius 1 is 1.24 bits per heavy atom. The maximum absolute atomic E-state index is 13.6. The molecule has 0 saturated heterocycles. The molecule has 0 spiro atoms. The van der Waals surface area contributed by atoms with E-state index >= 15 is 0 Å². The molecule has 0 fully saturated rings. The highest BCUT2D eigenvalue weighted by molar-refractivity contribution is 7.15. The average Bonchev–Trinajstić information content (AvgIpc) is 3.41. The Balaban J connectivity index is 1.75. The van der Waals surface area contributed by atoms with Crippen LogP contribution >= 0.6 is 22.9 Å². The van der Waals surface area contributed by atoms with E-state index in [1.807, 2.05) is 19.1 Å². The molecular formula is C24H18ClN3O4S. The van der Waals surface area contributed by atoms with Gasteiger partial charge in [-0.2, -0.15) is 0 Å². The number of ether oxygens (including phenoxy) is 1. The van der Waals surface area contributed by atoms with Gasteiger partial charge in [-0.1, -0.05) is 54.6 Å². The molecule has 1 aliphatic rings. The summed E-state index contributed by atoms with van der Waals surface area (Å²) >= 11 is 7.44. The maximum atomic E-state index is 13.6. The van der Waals surface area contributed by atoms with Crippen LogP contribution in [0.5, 0.6) is 5.75 Å². The van der Waals surface area contributed by atoms with Crippen molar-refractivity contribution in [1.82, 2.24) is 10.2 Å². The van der Waals surface area contributed by atoms with E-state index in [0.29, 0.717) is 45.5 Å². The fourth-order valence-corrected chi connectivity index (χ4v) is 4.85. The number of carbonyl (C=O) groups excluding carboxylic acids is 1. The average molecular weight is 480 g/mol. The highest BCUT2D eigenvalue weighted by Gasteiger charge is 2.45. The third kappa shape index (κ3) is 3.61. The van der Waals surface area contributed by atoms with Crippen molar-refractivity contribution in [2.24, 2.45) is 0 Å². The summed E-state index contributed by atoms with van der Waals surface area (Å²) in [5, 5.41) is 10.3. The van der Waals surface area contributed by atoms with Crippen molar-refractivity contribution in [3.8, 4) is 5.75 Å². The summed E-state index contributed by atoms with van der Waals surface area (Å²) in [7, 11) is 0. The van der Waals surface area contributed by atoms with Gasteiger partial charge in [-0.3, -0.25) is 14.5 Å². The van der Waals surface area contributed by atoms with Crippen molar-refractivity contribution in [2.45, 2.75) is 19.4 Å². The van der Waals surface area contributed by atoms with E-state index < -0.39 is 11.9 Å². The Hall–Kier alpha value is -3.49. The SMILES string of the molecule is C=CCOc1cccc([C@@H]2c3c(oc4ccc(Cl)cc4c3=O)C(=O)N2c2nnc(CC)s2)c1. The molecule has 4 aromatic rings. The molecule has 7 nitrogen and oxygen atoms in total. The van der Waals surface area contributed by atoms with E-state index in [0.717, 1.165) is 5.01 Å². The lowest BCUT2D eigenvalue weighted by Crippen LogP contribution is -2.29. The van der Waals surface area contributed by atoms with Crippen LogP contribution in [0.25, 0.3) is 11.0 Å². The first-order chi connectivity index (χ1) is 16.0. The molecule has 1 atom stereocenters. The van der Waals surface area contributed by atoms with Crippen molar-refractivity contribution in [3.05, 3.63) is 92.3 Å². The van der Waals surface area contributed by atoms with Gasteiger partial charge >= 0.3 is 0 Å². The Labute approximate surface area is 197 Å². The summed E-state index contributed by atoms with van der Waals surface area (Å²) in [4.78, 5) is 28.7. The van der Waals surface area contributed by atoms with Crippen molar-refractivity contribution < 1.29 is 13.9 Å². The van der Waals surface area contributed by atoms with Crippen molar-refractivity contribution in [2.75, 3.05) is 11.5 Å². The number of fused-ring (bicyclic) bond motifs is 2. The minimum atomic E-state index is -0.753. The summed E-state index contributed by atoms with van der Waals surface area (Å²) in [6, 6.07) is 11.3. The van der Waals surface area contributed by atoms with Crippen LogP contribution in [-0.2, 0) is 6.42 Å². The first-order valence-electron chi connectivity index (χ1n) is 10.3. The molecule has 2 aromatic heterocycles. The Bertz CT molecular complexity index is 1460. The minimum Gasteiger partial charge on any atom is -0.490 e. The maximum Gasteiger partial charge on any atom is 0.297 e. The van der Waals surface area contributed by atoms with Gasteiger partial charge in [0.05, 0.1) is 17.0 Å². The number of halogens is 1. The van der Waals surface area contributed by atoms with Gasteiger partial charge in [-0.25, -0.2) is 0 Å². The summed E-state index contributed by atoms with van der Waals surface area (Å²) < 4.78 is 11.6. The predicted molar refractivity (Wildman–Crippen MR) is 128 cm³/mol. The topological polar surface area (TPSA) is 85.5 Å². The van der Waals surface area contributed by atoms with Crippen LogP contribution in [0.2, 0.25) is 5.02 Å². The number of anilines is 1. The Morgan fingerprint density at radius 3 is 2.85 bits per heavy atom. The smallest absolute Gasteiger partial charge is 0.297 e. The zero-order valence-electron chi connectivity index (χ0n) is 17.6. The zero-order valence-corrected chi connectivity index (χ0v) is 19.2. The van der Waals surface area contributed by atoms with Gasteiger partial charge in [0.2, 0.25) is 10.9 Å². The van der Waals surface area contributed by atoms with Crippen LogP contribution in [-0.4, -0.2) is 22.7 Å². The van der Waals surface area contributed by atoms with Crippen LogP contribution in [0.3, 0.4) is 0 Å². The fraction of sp³-hybridized carbons (Fsp3) is 0.167. The number of aromatic nitrogens is 2. The van der Waals surface area contributed by atoms with E-state index in [1.54, 1.807) is 36.4 Å². The summed E-state index contributed by atoms with van der Waals surface area (Å²) in [6.45, 7) is 5.96. The molecule has 1 aliphatic heterocycles. The zero-order chi connectivity index (χ0) is 23.1. The van der Waals surface area contributed by atoms with Gasteiger partial charge in [0.25, 0.3) is 5.91 Å². The highest BCUT2D eigenvalue weighted by Crippen LogP contribution is 2.42.